The number of rotatable bonds is 16. The van der Waals surface area contributed by atoms with Crippen LogP contribution in [0.3, 0.4) is 0 Å². The van der Waals surface area contributed by atoms with E-state index in [1.807, 2.05) is 12.1 Å². The van der Waals surface area contributed by atoms with Crippen molar-refractivity contribution in [1.82, 2.24) is 21.3 Å². The standard InChI is InChI=1S/C40H56N8O8/c1-39-15-14-24(49)18-23(39)10-11-25-26-12-13-31(40(26,2)20-30(50)34(25)39)48-37(56)28(17-22-7-4-3-5-8-22)47-36(55)29(19-33(52)53)46-32(51)21-45-35(54)27(41)9-6-16-44-38(42)43/h3-5,7-8,14-15,18,25-31,34,50H,6,9-13,16-17,19-21,41H2,1-2H3,(H,45,54)(H,46,51)(H,47,55)(H,48,56)(H,52,53)(H4,42,43,44)/t25-,26-,27-,28-,29-,30+,31-,34+,39-,40-/m0/s1. The van der Waals surface area contributed by atoms with Gasteiger partial charge in [0.15, 0.2) is 11.7 Å². The predicted molar refractivity (Wildman–Crippen MR) is 207 cm³/mol. The van der Waals surface area contributed by atoms with E-state index >= 15 is 0 Å². The quantitative estimate of drug-likeness (QED) is 0.0609. The molecule has 4 aliphatic rings. The summed E-state index contributed by atoms with van der Waals surface area (Å²) in [5.41, 5.74) is 17.4. The molecule has 3 fully saturated rings. The number of nitrogens with zero attached hydrogens (tertiary/aromatic N) is 1. The van der Waals surface area contributed by atoms with Crippen LogP contribution in [-0.2, 0) is 35.2 Å². The maximum Gasteiger partial charge on any atom is 0.305 e. The topological polar surface area (TPSA) is 281 Å². The molecule has 0 unspecified atom stereocenters. The van der Waals surface area contributed by atoms with E-state index in [2.05, 4.69) is 40.1 Å². The number of carboxylic acids is 1. The zero-order valence-corrected chi connectivity index (χ0v) is 32.0. The lowest BCUT2D eigenvalue weighted by Crippen LogP contribution is -2.60. The van der Waals surface area contributed by atoms with Gasteiger partial charge in [0.05, 0.1) is 25.1 Å². The minimum atomic E-state index is -1.56. The second-order valence-corrected chi connectivity index (χ2v) is 16.2. The molecule has 4 amide bonds. The van der Waals surface area contributed by atoms with Crippen molar-refractivity contribution in [3.63, 3.8) is 0 Å². The first-order valence-corrected chi connectivity index (χ1v) is 19.4. The fraction of sp³-hybridized carbons (Fsp3) is 0.575. The van der Waals surface area contributed by atoms with Crippen LogP contribution in [-0.4, -0.2) is 94.9 Å². The van der Waals surface area contributed by atoms with Crippen LogP contribution >= 0.6 is 0 Å². The van der Waals surface area contributed by atoms with Gasteiger partial charge in [0.25, 0.3) is 0 Å². The SMILES string of the molecule is C[C@]12C[C@@H](O)[C@H]3[C@@H](CCC4=CC(=O)C=C[C@@]43C)[C@@H]1CC[C@@H]2NC(=O)[C@H](Cc1ccccc1)NC(=O)[C@H](CC(=O)O)NC(=O)CNC(=O)[C@@H](N)CCCN=C(N)N. The highest BCUT2D eigenvalue weighted by Gasteiger charge is 2.62. The molecule has 56 heavy (non-hydrogen) atoms. The van der Waals surface area contributed by atoms with E-state index in [0.717, 1.165) is 30.4 Å². The number of ketones is 1. The number of aliphatic carboxylic acids is 1. The van der Waals surface area contributed by atoms with E-state index < -0.39 is 77.6 Å². The number of fused-ring (bicyclic) bond motifs is 5. The van der Waals surface area contributed by atoms with E-state index in [4.69, 9.17) is 17.2 Å². The number of aliphatic hydroxyl groups excluding tert-OH is 1. The number of hydrogen-bond acceptors (Lipinski definition) is 9. The summed E-state index contributed by atoms with van der Waals surface area (Å²) < 4.78 is 0. The molecule has 12 N–H and O–H groups in total. The first-order chi connectivity index (χ1) is 26.5. The van der Waals surface area contributed by atoms with Crippen LogP contribution in [0.1, 0.15) is 70.8 Å². The highest BCUT2D eigenvalue weighted by Crippen LogP contribution is 2.64. The van der Waals surface area contributed by atoms with Crippen LogP contribution in [0.15, 0.2) is 59.1 Å². The van der Waals surface area contributed by atoms with Crippen LogP contribution in [0, 0.1) is 28.6 Å². The largest absolute Gasteiger partial charge is 0.481 e. The summed E-state index contributed by atoms with van der Waals surface area (Å²) in [4.78, 5) is 81.0. The second-order valence-electron chi connectivity index (χ2n) is 16.2. The normalized spacial score (nSPS) is 29.2. The summed E-state index contributed by atoms with van der Waals surface area (Å²) in [7, 11) is 0. The first kappa shape index (κ1) is 42.1. The van der Waals surface area contributed by atoms with E-state index in [9.17, 15) is 39.0 Å². The van der Waals surface area contributed by atoms with Crippen LogP contribution < -0.4 is 38.5 Å². The van der Waals surface area contributed by atoms with Crippen LogP contribution in [0.4, 0.5) is 0 Å². The van der Waals surface area contributed by atoms with Gasteiger partial charge in [0, 0.05) is 30.3 Å². The third-order valence-electron chi connectivity index (χ3n) is 12.5. The smallest absolute Gasteiger partial charge is 0.305 e. The first-order valence-electron chi connectivity index (χ1n) is 19.4. The molecule has 0 heterocycles. The Bertz CT molecular complexity index is 1760. The lowest BCUT2D eigenvalue weighted by atomic mass is 9.47. The molecule has 16 heteroatoms. The summed E-state index contributed by atoms with van der Waals surface area (Å²) in [6.07, 6.45) is 8.16. The van der Waals surface area contributed by atoms with Crippen molar-refractivity contribution in [2.75, 3.05) is 13.1 Å². The van der Waals surface area contributed by atoms with E-state index in [0.29, 0.717) is 19.3 Å². The summed E-state index contributed by atoms with van der Waals surface area (Å²) >= 11 is 0. The van der Waals surface area contributed by atoms with Crippen LogP contribution in [0.5, 0.6) is 0 Å². The van der Waals surface area contributed by atoms with Gasteiger partial charge in [-0.25, -0.2) is 0 Å². The molecule has 5 rings (SSSR count). The number of aliphatic imine (C=N–C) groups is 1. The number of carbonyl (C=O) groups is 6. The molecule has 0 bridgehead atoms. The minimum absolute atomic E-state index is 0.0262. The Kier molecular flexibility index (Phi) is 13.4. The van der Waals surface area contributed by atoms with Crippen molar-refractivity contribution in [3.8, 4) is 0 Å². The maximum atomic E-state index is 14.2. The summed E-state index contributed by atoms with van der Waals surface area (Å²) in [6, 6.07) is 5.07. The molecule has 10 atom stereocenters. The van der Waals surface area contributed by atoms with Gasteiger partial charge in [-0.3, -0.25) is 33.8 Å². The molecule has 0 radical (unpaired) electrons. The number of nitrogens with one attached hydrogen (secondary N) is 4. The highest BCUT2D eigenvalue weighted by atomic mass is 16.4. The van der Waals surface area contributed by atoms with Gasteiger partial charge in [-0.05, 0) is 79.9 Å². The monoisotopic (exact) mass is 776 g/mol. The summed E-state index contributed by atoms with van der Waals surface area (Å²) in [6.45, 7) is 3.93. The Labute approximate surface area is 326 Å². The number of carbonyl (C=O) groups excluding carboxylic acids is 5. The van der Waals surface area contributed by atoms with Crippen molar-refractivity contribution in [1.29, 1.82) is 0 Å². The maximum absolute atomic E-state index is 14.2. The molecule has 0 saturated heterocycles. The lowest BCUT2D eigenvalue weighted by Gasteiger charge is -2.58. The molecule has 0 spiro atoms. The van der Waals surface area contributed by atoms with Gasteiger partial charge in [0.1, 0.15) is 12.1 Å². The Morgan fingerprint density at radius 3 is 2.41 bits per heavy atom. The van der Waals surface area contributed by atoms with Crippen molar-refractivity contribution < 1.29 is 39.0 Å². The minimum Gasteiger partial charge on any atom is -0.481 e. The van der Waals surface area contributed by atoms with Gasteiger partial charge in [-0.1, -0.05) is 55.8 Å². The van der Waals surface area contributed by atoms with Crippen molar-refractivity contribution in [2.24, 2.45) is 50.8 Å². The Hall–Kier alpha value is -5.09. The average molecular weight is 777 g/mol. The number of benzene rings is 1. The van der Waals surface area contributed by atoms with E-state index in [1.165, 1.54) is 0 Å². The molecule has 304 valence electrons. The van der Waals surface area contributed by atoms with Crippen LogP contribution in [0.25, 0.3) is 0 Å². The molecule has 1 aromatic rings. The molecule has 16 nitrogen and oxygen atoms in total. The van der Waals surface area contributed by atoms with E-state index in [-0.39, 0.29) is 54.9 Å². The van der Waals surface area contributed by atoms with E-state index in [1.54, 1.807) is 36.4 Å². The molecular weight excluding hydrogens is 720 g/mol. The number of nitrogens with two attached hydrogens (primary N) is 3. The average Bonchev–Trinajstić information content (AvgIpc) is 3.46. The summed E-state index contributed by atoms with van der Waals surface area (Å²) in [5.74, 6) is -3.96. The molecular formula is C40H56N8O8. The van der Waals surface area contributed by atoms with Crippen molar-refractivity contribution >= 4 is 41.3 Å². The number of guanidine groups is 1. The van der Waals surface area contributed by atoms with Crippen molar-refractivity contribution in [2.45, 2.75) is 102 Å². The lowest BCUT2D eigenvalue weighted by molar-refractivity contribution is -0.141. The van der Waals surface area contributed by atoms with Crippen LogP contribution in [0.2, 0.25) is 0 Å². The zero-order valence-electron chi connectivity index (χ0n) is 32.0. The Morgan fingerprint density at radius 1 is 0.982 bits per heavy atom. The fourth-order valence-electron chi connectivity index (χ4n) is 9.74. The fourth-order valence-corrected chi connectivity index (χ4v) is 9.74. The molecule has 0 aromatic heterocycles. The Morgan fingerprint density at radius 2 is 1.71 bits per heavy atom. The Balaban J connectivity index is 1.25. The predicted octanol–water partition coefficient (Wildman–Crippen LogP) is -0.0660. The second kappa shape index (κ2) is 17.8. The summed E-state index contributed by atoms with van der Waals surface area (Å²) in [5, 5.41) is 32.0. The van der Waals surface area contributed by atoms with Gasteiger partial charge in [-0.2, -0.15) is 0 Å². The molecule has 3 saturated carbocycles. The number of hydrogen-bond donors (Lipinski definition) is 9. The third-order valence-corrected chi connectivity index (χ3v) is 12.5. The number of allylic oxidation sites excluding steroid dienone is 4. The molecule has 1 aromatic carbocycles. The highest BCUT2D eigenvalue weighted by molar-refractivity contribution is 6.01. The zero-order chi connectivity index (χ0) is 40.8. The van der Waals surface area contributed by atoms with Gasteiger partial charge in [-0.15, -0.1) is 0 Å². The molecule has 0 aliphatic heterocycles. The van der Waals surface area contributed by atoms with Crippen molar-refractivity contribution in [3.05, 3.63) is 59.7 Å². The number of carboxylic acid groups (broad SMARTS) is 1. The third kappa shape index (κ3) is 9.64. The van der Waals surface area contributed by atoms with Gasteiger partial charge < -0.3 is 48.7 Å². The number of aliphatic hydroxyl groups is 1. The molecule has 4 aliphatic carbocycles. The van der Waals surface area contributed by atoms with Gasteiger partial charge in [0.2, 0.25) is 23.6 Å². The number of amides is 4. The van der Waals surface area contributed by atoms with Gasteiger partial charge >= 0.3 is 5.97 Å².